The lowest BCUT2D eigenvalue weighted by molar-refractivity contribution is 0.392. The summed E-state index contributed by atoms with van der Waals surface area (Å²) in [5, 5.41) is 3.58. The molecule has 0 aromatic heterocycles. The predicted octanol–water partition coefficient (Wildman–Crippen LogP) is 4.41. The molecule has 0 heterocycles. The van der Waals surface area contributed by atoms with E-state index >= 15 is 0 Å². The molecular weight excluding hydrogens is 302 g/mol. The second kappa shape index (κ2) is 8.60. The number of nitrogens with one attached hydrogen (secondary N) is 1. The van der Waals surface area contributed by atoms with Crippen LogP contribution in [-0.2, 0) is 6.42 Å². The first-order valence-corrected chi connectivity index (χ1v) is 7.91. The van der Waals surface area contributed by atoms with Crippen LogP contribution in [0.15, 0.2) is 22.7 Å². The Hall–Kier alpha value is -0.540. The molecule has 1 aromatic carbocycles. The maximum atomic E-state index is 5.43. The SMILES string of the molecule is CCNC(CCc1cc(Br)ccc1OC)CC(C)C. The van der Waals surface area contributed by atoms with E-state index in [9.17, 15) is 0 Å². The van der Waals surface area contributed by atoms with Gasteiger partial charge in [0.15, 0.2) is 0 Å². The van der Waals surface area contributed by atoms with E-state index in [0.29, 0.717) is 6.04 Å². The molecule has 0 aliphatic rings. The van der Waals surface area contributed by atoms with Crippen molar-refractivity contribution in [3.05, 3.63) is 28.2 Å². The van der Waals surface area contributed by atoms with Gasteiger partial charge in [0, 0.05) is 10.5 Å². The Morgan fingerprint density at radius 3 is 2.63 bits per heavy atom. The minimum atomic E-state index is 0.591. The van der Waals surface area contributed by atoms with Crippen molar-refractivity contribution in [2.75, 3.05) is 13.7 Å². The summed E-state index contributed by atoms with van der Waals surface area (Å²) in [4.78, 5) is 0. The Labute approximate surface area is 126 Å². The van der Waals surface area contributed by atoms with Crippen molar-refractivity contribution < 1.29 is 4.74 Å². The molecule has 1 atom stereocenters. The highest BCUT2D eigenvalue weighted by Gasteiger charge is 2.11. The van der Waals surface area contributed by atoms with Gasteiger partial charge < -0.3 is 10.1 Å². The van der Waals surface area contributed by atoms with E-state index in [1.807, 2.05) is 12.1 Å². The van der Waals surface area contributed by atoms with E-state index in [0.717, 1.165) is 35.5 Å². The largest absolute Gasteiger partial charge is 0.496 e. The fourth-order valence-electron chi connectivity index (χ4n) is 2.43. The van der Waals surface area contributed by atoms with Gasteiger partial charge in [0.05, 0.1) is 7.11 Å². The number of methoxy groups -OCH3 is 1. The van der Waals surface area contributed by atoms with E-state index in [-0.39, 0.29) is 0 Å². The van der Waals surface area contributed by atoms with Crippen molar-refractivity contribution in [2.45, 2.75) is 46.1 Å². The third-order valence-electron chi connectivity index (χ3n) is 3.25. The fourth-order valence-corrected chi connectivity index (χ4v) is 2.84. The average molecular weight is 328 g/mol. The summed E-state index contributed by atoms with van der Waals surface area (Å²) in [6.07, 6.45) is 3.43. The summed E-state index contributed by atoms with van der Waals surface area (Å²) in [7, 11) is 1.74. The van der Waals surface area contributed by atoms with Gasteiger partial charge in [-0.05, 0) is 55.5 Å². The van der Waals surface area contributed by atoms with Crippen LogP contribution in [0.3, 0.4) is 0 Å². The molecule has 3 heteroatoms. The zero-order valence-electron chi connectivity index (χ0n) is 12.5. The van der Waals surface area contributed by atoms with Gasteiger partial charge in [-0.2, -0.15) is 0 Å². The zero-order chi connectivity index (χ0) is 14.3. The maximum absolute atomic E-state index is 5.43. The van der Waals surface area contributed by atoms with Crippen molar-refractivity contribution in [2.24, 2.45) is 5.92 Å². The Bertz CT molecular complexity index is 379. The molecule has 2 nitrogen and oxygen atoms in total. The third kappa shape index (κ3) is 5.96. The normalized spacial score (nSPS) is 12.7. The van der Waals surface area contributed by atoms with Crippen LogP contribution in [0.25, 0.3) is 0 Å². The van der Waals surface area contributed by atoms with Crippen molar-refractivity contribution in [1.82, 2.24) is 5.32 Å². The van der Waals surface area contributed by atoms with Crippen molar-refractivity contribution in [3.8, 4) is 5.75 Å². The number of halogens is 1. The summed E-state index contributed by atoms with van der Waals surface area (Å²) in [6, 6.07) is 6.81. The topological polar surface area (TPSA) is 21.3 Å². The molecule has 0 saturated heterocycles. The lowest BCUT2D eigenvalue weighted by Crippen LogP contribution is -2.30. The molecule has 0 aliphatic heterocycles. The van der Waals surface area contributed by atoms with Crippen LogP contribution in [0, 0.1) is 5.92 Å². The van der Waals surface area contributed by atoms with Crippen LogP contribution < -0.4 is 10.1 Å². The fraction of sp³-hybridized carbons (Fsp3) is 0.625. The molecule has 0 amide bonds. The Morgan fingerprint density at radius 1 is 1.32 bits per heavy atom. The third-order valence-corrected chi connectivity index (χ3v) is 3.75. The van der Waals surface area contributed by atoms with Gasteiger partial charge in [0.1, 0.15) is 5.75 Å². The van der Waals surface area contributed by atoms with Crippen molar-refractivity contribution in [1.29, 1.82) is 0 Å². The monoisotopic (exact) mass is 327 g/mol. The summed E-state index contributed by atoms with van der Waals surface area (Å²) in [5.41, 5.74) is 1.28. The molecule has 1 unspecified atom stereocenters. The molecule has 0 fully saturated rings. The molecule has 0 radical (unpaired) electrons. The van der Waals surface area contributed by atoms with Crippen LogP contribution in [0.4, 0.5) is 0 Å². The van der Waals surface area contributed by atoms with E-state index in [1.54, 1.807) is 7.11 Å². The number of ether oxygens (including phenoxy) is 1. The standard InChI is InChI=1S/C16H26BrNO/c1-5-18-15(10-12(2)3)8-6-13-11-14(17)7-9-16(13)19-4/h7,9,11-12,15,18H,5-6,8,10H2,1-4H3. The average Bonchev–Trinajstić information content (AvgIpc) is 2.36. The molecule has 0 aliphatic carbocycles. The quantitative estimate of drug-likeness (QED) is 0.763. The molecule has 1 N–H and O–H groups in total. The van der Waals surface area contributed by atoms with Crippen molar-refractivity contribution >= 4 is 15.9 Å². The van der Waals surface area contributed by atoms with Crippen LogP contribution in [-0.4, -0.2) is 19.7 Å². The van der Waals surface area contributed by atoms with Gasteiger partial charge in [-0.15, -0.1) is 0 Å². The molecule has 19 heavy (non-hydrogen) atoms. The van der Waals surface area contributed by atoms with Crippen LogP contribution in [0.1, 0.15) is 39.2 Å². The highest BCUT2D eigenvalue weighted by Crippen LogP contribution is 2.25. The minimum absolute atomic E-state index is 0.591. The van der Waals surface area contributed by atoms with Gasteiger partial charge in [-0.3, -0.25) is 0 Å². The number of rotatable bonds is 8. The Morgan fingerprint density at radius 2 is 2.05 bits per heavy atom. The smallest absolute Gasteiger partial charge is 0.122 e. The predicted molar refractivity (Wildman–Crippen MR) is 85.9 cm³/mol. The van der Waals surface area contributed by atoms with Crippen molar-refractivity contribution in [3.63, 3.8) is 0 Å². The second-order valence-corrected chi connectivity index (χ2v) is 6.29. The summed E-state index contributed by atoms with van der Waals surface area (Å²) in [5.74, 6) is 1.72. The summed E-state index contributed by atoms with van der Waals surface area (Å²) < 4.78 is 6.55. The van der Waals surface area contributed by atoms with E-state index in [2.05, 4.69) is 48.1 Å². The van der Waals surface area contributed by atoms with Gasteiger partial charge >= 0.3 is 0 Å². The summed E-state index contributed by atoms with van der Waals surface area (Å²) >= 11 is 3.53. The first kappa shape index (κ1) is 16.5. The molecule has 1 rings (SSSR count). The molecule has 1 aromatic rings. The van der Waals surface area contributed by atoms with Gasteiger partial charge in [0.25, 0.3) is 0 Å². The van der Waals surface area contributed by atoms with Gasteiger partial charge in [-0.1, -0.05) is 36.7 Å². The van der Waals surface area contributed by atoms with E-state index < -0.39 is 0 Å². The number of hydrogen-bond acceptors (Lipinski definition) is 2. The first-order chi connectivity index (χ1) is 9.06. The second-order valence-electron chi connectivity index (χ2n) is 5.38. The molecule has 0 bridgehead atoms. The van der Waals surface area contributed by atoms with Crippen LogP contribution in [0.2, 0.25) is 0 Å². The first-order valence-electron chi connectivity index (χ1n) is 7.12. The molecule has 108 valence electrons. The lowest BCUT2D eigenvalue weighted by Gasteiger charge is -2.20. The highest BCUT2D eigenvalue weighted by molar-refractivity contribution is 9.10. The highest BCUT2D eigenvalue weighted by atomic mass is 79.9. The number of aryl methyl sites for hydroxylation is 1. The maximum Gasteiger partial charge on any atom is 0.122 e. The van der Waals surface area contributed by atoms with Gasteiger partial charge in [-0.25, -0.2) is 0 Å². The molecular formula is C16H26BrNO. The Balaban J connectivity index is 2.64. The minimum Gasteiger partial charge on any atom is -0.496 e. The van der Waals surface area contributed by atoms with Crippen LogP contribution in [0.5, 0.6) is 5.75 Å². The zero-order valence-corrected chi connectivity index (χ0v) is 14.1. The van der Waals surface area contributed by atoms with E-state index in [4.69, 9.17) is 4.74 Å². The molecule has 0 saturated carbocycles. The number of hydrogen-bond donors (Lipinski definition) is 1. The van der Waals surface area contributed by atoms with E-state index in [1.165, 1.54) is 12.0 Å². The van der Waals surface area contributed by atoms with Gasteiger partial charge in [0.2, 0.25) is 0 Å². The molecule has 0 spiro atoms. The lowest BCUT2D eigenvalue weighted by atomic mass is 9.97. The Kier molecular flexibility index (Phi) is 7.47. The number of benzene rings is 1. The summed E-state index contributed by atoms with van der Waals surface area (Å²) in [6.45, 7) is 7.77. The van der Waals surface area contributed by atoms with Crippen LogP contribution >= 0.6 is 15.9 Å².